The zero-order valence-electron chi connectivity index (χ0n) is 10.5. The van der Waals surface area contributed by atoms with Crippen molar-refractivity contribution in [1.82, 2.24) is 0 Å². The number of allylic oxidation sites excluding steroid dienone is 1. The smallest absolute Gasteiger partial charge is 0.0236 e. The van der Waals surface area contributed by atoms with E-state index in [1.54, 1.807) is 0 Å². The lowest BCUT2D eigenvalue weighted by atomic mass is 9.90. The SMILES string of the molecule is C=CC1CCCCC1.CC1CCCCC1. The van der Waals surface area contributed by atoms with Gasteiger partial charge in [0.2, 0.25) is 0 Å². The van der Waals surface area contributed by atoms with E-state index in [2.05, 4.69) is 19.6 Å². The Kier molecular flexibility index (Phi) is 6.80. The second-order valence-corrected chi connectivity index (χ2v) is 5.38. The second-order valence-electron chi connectivity index (χ2n) is 5.38. The molecular formula is C15H28. The van der Waals surface area contributed by atoms with Crippen LogP contribution in [0.5, 0.6) is 0 Å². The normalized spacial score (nSPS) is 24.1. The topological polar surface area (TPSA) is 0 Å². The third-order valence-electron chi connectivity index (χ3n) is 3.88. The van der Waals surface area contributed by atoms with Crippen LogP contribution in [0.1, 0.15) is 71.1 Å². The fourth-order valence-electron chi connectivity index (χ4n) is 2.68. The fraction of sp³-hybridized carbons (Fsp3) is 0.867. The van der Waals surface area contributed by atoms with E-state index in [-0.39, 0.29) is 0 Å². The van der Waals surface area contributed by atoms with Gasteiger partial charge in [0.15, 0.2) is 0 Å². The molecule has 0 unspecified atom stereocenters. The minimum atomic E-state index is 0.851. The van der Waals surface area contributed by atoms with Crippen LogP contribution in [0.3, 0.4) is 0 Å². The van der Waals surface area contributed by atoms with Crippen LogP contribution < -0.4 is 0 Å². The Labute approximate surface area is 96.2 Å². The van der Waals surface area contributed by atoms with Gasteiger partial charge in [-0.3, -0.25) is 0 Å². The summed E-state index contributed by atoms with van der Waals surface area (Å²) in [5.41, 5.74) is 0. The first kappa shape index (κ1) is 12.8. The van der Waals surface area contributed by atoms with Gasteiger partial charge in [0.1, 0.15) is 0 Å². The van der Waals surface area contributed by atoms with Crippen molar-refractivity contribution in [2.45, 2.75) is 71.1 Å². The van der Waals surface area contributed by atoms with E-state index in [1.807, 2.05) is 0 Å². The van der Waals surface area contributed by atoms with Gasteiger partial charge in [-0.1, -0.05) is 64.4 Å². The van der Waals surface area contributed by atoms with Gasteiger partial charge in [-0.25, -0.2) is 0 Å². The molecule has 0 saturated heterocycles. The first-order valence-electron chi connectivity index (χ1n) is 6.95. The van der Waals surface area contributed by atoms with E-state index in [9.17, 15) is 0 Å². The second kappa shape index (κ2) is 7.96. The van der Waals surface area contributed by atoms with Crippen molar-refractivity contribution in [2.75, 3.05) is 0 Å². The van der Waals surface area contributed by atoms with Gasteiger partial charge in [0.25, 0.3) is 0 Å². The summed E-state index contributed by atoms with van der Waals surface area (Å²) in [7, 11) is 0. The van der Waals surface area contributed by atoms with Gasteiger partial charge >= 0.3 is 0 Å². The quantitative estimate of drug-likeness (QED) is 0.510. The van der Waals surface area contributed by atoms with Crippen LogP contribution in [0.15, 0.2) is 12.7 Å². The molecule has 88 valence electrons. The summed E-state index contributed by atoms with van der Waals surface area (Å²) in [5.74, 6) is 1.89. The Balaban J connectivity index is 0.000000151. The number of rotatable bonds is 1. The molecule has 0 aromatic rings. The monoisotopic (exact) mass is 208 g/mol. The molecule has 15 heavy (non-hydrogen) atoms. The Bertz CT molecular complexity index is 147. The van der Waals surface area contributed by atoms with Crippen molar-refractivity contribution in [3.05, 3.63) is 12.7 Å². The molecule has 0 bridgehead atoms. The summed E-state index contributed by atoms with van der Waals surface area (Å²) < 4.78 is 0. The molecule has 2 saturated carbocycles. The highest BCUT2D eigenvalue weighted by Crippen LogP contribution is 2.23. The maximum Gasteiger partial charge on any atom is -0.0236 e. The summed E-state index contributed by atoms with van der Waals surface area (Å²) >= 11 is 0. The summed E-state index contributed by atoms with van der Waals surface area (Å²) in [6.45, 7) is 6.14. The minimum Gasteiger partial charge on any atom is -0.103 e. The van der Waals surface area contributed by atoms with Crippen LogP contribution >= 0.6 is 0 Å². The molecule has 0 aliphatic heterocycles. The maximum absolute atomic E-state index is 3.78. The van der Waals surface area contributed by atoms with Crippen molar-refractivity contribution >= 4 is 0 Å². The molecule has 0 N–H and O–H groups in total. The van der Waals surface area contributed by atoms with Crippen molar-refractivity contribution in [3.8, 4) is 0 Å². The number of hydrogen-bond donors (Lipinski definition) is 0. The zero-order valence-corrected chi connectivity index (χ0v) is 10.5. The molecule has 0 nitrogen and oxygen atoms in total. The van der Waals surface area contributed by atoms with Crippen LogP contribution in [0, 0.1) is 11.8 Å². The largest absolute Gasteiger partial charge is 0.103 e. The molecule has 0 amide bonds. The van der Waals surface area contributed by atoms with Gasteiger partial charge < -0.3 is 0 Å². The van der Waals surface area contributed by atoms with E-state index < -0.39 is 0 Å². The molecule has 2 fully saturated rings. The van der Waals surface area contributed by atoms with Crippen molar-refractivity contribution in [2.24, 2.45) is 11.8 Å². The molecule has 0 spiro atoms. The fourth-order valence-corrected chi connectivity index (χ4v) is 2.68. The van der Waals surface area contributed by atoms with Crippen LogP contribution in [-0.2, 0) is 0 Å². The highest BCUT2D eigenvalue weighted by atomic mass is 14.1. The van der Waals surface area contributed by atoms with E-state index in [4.69, 9.17) is 0 Å². The predicted octanol–water partition coefficient (Wildman–Crippen LogP) is 5.34. The molecule has 0 heterocycles. The Morgan fingerprint density at radius 3 is 1.53 bits per heavy atom. The molecule has 0 heteroatoms. The summed E-state index contributed by atoms with van der Waals surface area (Å²) in [5, 5.41) is 0. The Morgan fingerprint density at radius 2 is 1.27 bits per heavy atom. The zero-order chi connectivity index (χ0) is 10.9. The lowest BCUT2D eigenvalue weighted by Crippen LogP contribution is -2.01. The van der Waals surface area contributed by atoms with Gasteiger partial charge in [-0.05, 0) is 24.7 Å². The van der Waals surface area contributed by atoms with Crippen molar-refractivity contribution in [1.29, 1.82) is 0 Å². The summed E-state index contributed by atoms with van der Waals surface area (Å²) in [4.78, 5) is 0. The predicted molar refractivity (Wildman–Crippen MR) is 69.0 cm³/mol. The van der Waals surface area contributed by atoms with E-state index in [0.29, 0.717) is 0 Å². The Hall–Kier alpha value is -0.260. The lowest BCUT2D eigenvalue weighted by Gasteiger charge is -2.16. The lowest BCUT2D eigenvalue weighted by molar-refractivity contribution is 0.385. The highest BCUT2D eigenvalue weighted by molar-refractivity contribution is 4.80. The average Bonchev–Trinajstić information content (AvgIpc) is 2.32. The van der Waals surface area contributed by atoms with Crippen molar-refractivity contribution in [3.63, 3.8) is 0 Å². The highest BCUT2D eigenvalue weighted by Gasteiger charge is 2.08. The van der Waals surface area contributed by atoms with Gasteiger partial charge in [0, 0.05) is 0 Å². The van der Waals surface area contributed by atoms with Crippen LogP contribution in [0.2, 0.25) is 0 Å². The summed E-state index contributed by atoms with van der Waals surface area (Å²) in [6.07, 6.45) is 16.6. The maximum atomic E-state index is 3.78. The molecule has 2 aliphatic rings. The van der Waals surface area contributed by atoms with Gasteiger partial charge in [-0.2, -0.15) is 0 Å². The molecule has 0 radical (unpaired) electrons. The van der Waals surface area contributed by atoms with Gasteiger partial charge in [-0.15, -0.1) is 6.58 Å². The van der Waals surface area contributed by atoms with Crippen LogP contribution in [0.25, 0.3) is 0 Å². The molecule has 2 rings (SSSR count). The minimum absolute atomic E-state index is 0.851. The molecular weight excluding hydrogens is 180 g/mol. The standard InChI is InChI=1S/C8H14.C7H14/c1-2-8-6-4-3-5-7-8;1-7-5-3-2-4-6-7/h2,8H,1,3-7H2;7H,2-6H2,1H3. The number of hydrogen-bond acceptors (Lipinski definition) is 0. The summed E-state index contributed by atoms with van der Waals surface area (Å²) in [6, 6.07) is 0. The molecule has 0 aromatic carbocycles. The molecule has 0 aromatic heterocycles. The third-order valence-corrected chi connectivity index (χ3v) is 3.88. The first-order chi connectivity index (χ1) is 7.33. The van der Waals surface area contributed by atoms with Crippen LogP contribution in [-0.4, -0.2) is 0 Å². The van der Waals surface area contributed by atoms with Crippen molar-refractivity contribution < 1.29 is 0 Å². The molecule has 0 atom stereocenters. The van der Waals surface area contributed by atoms with E-state index in [1.165, 1.54) is 64.2 Å². The van der Waals surface area contributed by atoms with Crippen LogP contribution in [0.4, 0.5) is 0 Å². The Morgan fingerprint density at radius 1 is 0.800 bits per heavy atom. The van der Waals surface area contributed by atoms with Gasteiger partial charge in [0.05, 0.1) is 0 Å². The molecule has 2 aliphatic carbocycles. The van der Waals surface area contributed by atoms with E-state index >= 15 is 0 Å². The third kappa shape index (κ3) is 6.02. The average molecular weight is 208 g/mol. The van der Waals surface area contributed by atoms with E-state index in [0.717, 1.165) is 11.8 Å². The first-order valence-corrected chi connectivity index (χ1v) is 6.95.